The summed E-state index contributed by atoms with van der Waals surface area (Å²) < 4.78 is 0. The molecule has 0 amide bonds. The Morgan fingerprint density at radius 3 is 2.86 bits per heavy atom. The van der Waals surface area contributed by atoms with Crippen molar-refractivity contribution in [2.75, 3.05) is 5.32 Å². The van der Waals surface area contributed by atoms with E-state index in [0.717, 1.165) is 12.8 Å². The van der Waals surface area contributed by atoms with Gasteiger partial charge in [-0.15, -0.1) is 0 Å². The van der Waals surface area contributed by atoms with Gasteiger partial charge in [-0.2, -0.15) is 0 Å². The molecule has 0 aromatic heterocycles. The van der Waals surface area contributed by atoms with E-state index >= 15 is 0 Å². The minimum absolute atomic E-state index is 0.156. The van der Waals surface area contributed by atoms with Crippen molar-refractivity contribution in [1.82, 2.24) is 0 Å². The number of benzene rings is 1. The van der Waals surface area contributed by atoms with E-state index in [4.69, 9.17) is 11.6 Å². The second kappa shape index (κ2) is 5.89. The van der Waals surface area contributed by atoms with Gasteiger partial charge in [0.15, 0.2) is 0 Å². The zero-order valence-corrected chi connectivity index (χ0v) is 12.4. The van der Waals surface area contributed by atoms with Gasteiger partial charge in [0, 0.05) is 11.1 Å². The van der Waals surface area contributed by atoms with Gasteiger partial charge >= 0.3 is 5.97 Å². The summed E-state index contributed by atoms with van der Waals surface area (Å²) in [6.07, 6.45) is 2.62. The molecule has 0 radical (unpaired) electrons. The van der Waals surface area contributed by atoms with Gasteiger partial charge < -0.3 is 10.4 Å². The highest BCUT2D eigenvalue weighted by Crippen LogP contribution is 2.38. The third-order valence-electron chi connectivity index (χ3n) is 3.94. The number of nitro benzene ring substituents is 1. The van der Waals surface area contributed by atoms with Crippen molar-refractivity contribution < 1.29 is 14.8 Å². The number of aliphatic carboxylic acids is 1. The van der Waals surface area contributed by atoms with Crippen molar-refractivity contribution in [1.29, 1.82) is 0 Å². The molecular formula is C14H17ClN2O4. The molecule has 114 valence electrons. The van der Waals surface area contributed by atoms with Crippen LogP contribution in [0.15, 0.2) is 18.2 Å². The summed E-state index contributed by atoms with van der Waals surface area (Å²) in [5, 5.41) is 23.9. The maximum absolute atomic E-state index is 11.7. The van der Waals surface area contributed by atoms with Crippen LogP contribution in [0.25, 0.3) is 0 Å². The van der Waals surface area contributed by atoms with E-state index in [9.17, 15) is 20.0 Å². The van der Waals surface area contributed by atoms with Crippen LogP contribution >= 0.6 is 11.6 Å². The fraction of sp³-hybridized carbons (Fsp3) is 0.500. The molecule has 7 heteroatoms. The molecule has 1 saturated carbocycles. The van der Waals surface area contributed by atoms with Gasteiger partial charge in [-0.05, 0) is 30.9 Å². The van der Waals surface area contributed by atoms with Crippen LogP contribution in [0.1, 0.15) is 32.6 Å². The van der Waals surface area contributed by atoms with Crippen LogP contribution in [0.2, 0.25) is 5.02 Å². The van der Waals surface area contributed by atoms with Crippen molar-refractivity contribution in [3.8, 4) is 0 Å². The van der Waals surface area contributed by atoms with Gasteiger partial charge in [0.05, 0.1) is 4.92 Å². The number of carbonyl (C=O) groups is 1. The minimum Gasteiger partial charge on any atom is -0.480 e. The third kappa shape index (κ3) is 3.26. The van der Waals surface area contributed by atoms with Gasteiger partial charge in [-0.1, -0.05) is 31.4 Å². The summed E-state index contributed by atoms with van der Waals surface area (Å²) in [6.45, 7) is 1.99. The molecule has 1 aromatic rings. The highest BCUT2D eigenvalue weighted by Gasteiger charge is 2.43. The molecule has 0 saturated heterocycles. The molecule has 1 aliphatic rings. The Kier molecular flexibility index (Phi) is 4.37. The minimum atomic E-state index is -1.17. The average Bonchev–Trinajstić information content (AvgIpc) is 2.38. The lowest BCUT2D eigenvalue weighted by atomic mass is 9.76. The van der Waals surface area contributed by atoms with Gasteiger partial charge in [-0.25, -0.2) is 4.79 Å². The number of rotatable bonds is 4. The number of nitro groups is 1. The number of halogens is 1. The Morgan fingerprint density at radius 2 is 2.29 bits per heavy atom. The van der Waals surface area contributed by atoms with Crippen LogP contribution in [-0.2, 0) is 4.79 Å². The van der Waals surface area contributed by atoms with Gasteiger partial charge in [0.2, 0.25) is 0 Å². The van der Waals surface area contributed by atoms with Crippen LogP contribution in [-0.4, -0.2) is 21.5 Å². The number of nitrogens with zero attached hydrogens (tertiary/aromatic N) is 1. The van der Waals surface area contributed by atoms with Gasteiger partial charge in [0.1, 0.15) is 11.2 Å². The molecule has 0 aliphatic heterocycles. The summed E-state index contributed by atoms with van der Waals surface area (Å²) in [7, 11) is 0. The Balaban J connectivity index is 2.40. The van der Waals surface area contributed by atoms with E-state index < -0.39 is 16.4 Å². The summed E-state index contributed by atoms with van der Waals surface area (Å²) in [5.74, 6) is -0.732. The second-order valence-electron chi connectivity index (χ2n) is 5.63. The highest BCUT2D eigenvalue weighted by atomic mass is 35.5. The summed E-state index contributed by atoms with van der Waals surface area (Å²) >= 11 is 5.88. The molecule has 0 spiro atoms. The monoisotopic (exact) mass is 312 g/mol. The molecule has 0 bridgehead atoms. The van der Waals surface area contributed by atoms with Crippen LogP contribution in [0.5, 0.6) is 0 Å². The third-order valence-corrected chi connectivity index (χ3v) is 4.17. The molecule has 1 aromatic carbocycles. The van der Waals surface area contributed by atoms with E-state index in [0.29, 0.717) is 17.9 Å². The molecule has 2 unspecified atom stereocenters. The fourth-order valence-corrected chi connectivity index (χ4v) is 3.11. The van der Waals surface area contributed by atoms with Crippen LogP contribution < -0.4 is 5.32 Å². The van der Waals surface area contributed by atoms with Crippen LogP contribution in [0.4, 0.5) is 11.4 Å². The molecule has 6 nitrogen and oxygen atoms in total. The summed E-state index contributed by atoms with van der Waals surface area (Å²) in [4.78, 5) is 22.3. The topological polar surface area (TPSA) is 92.5 Å². The molecule has 0 heterocycles. The van der Waals surface area contributed by atoms with E-state index in [1.807, 2.05) is 6.92 Å². The number of carboxylic acid groups (broad SMARTS) is 1. The second-order valence-corrected chi connectivity index (χ2v) is 6.07. The lowest BCUT2D eigenvalue weighted by molar-refractivity contribution is -0.384. The molecule has 21 heavy (non-hydrogen) atoms. The first-order valence-corrected chi connectivity index (χ1v) is 7.17. The lowest BCUT2D eigenvalue weighted by Crippen LogP contribution is -2.49. The predicted molar refractivity (Wildman–Crippen MR) is 79.7 cm³/mol. The first-order chi connectivity index (χ1) is 9.84. The first-order valence-electron chi connectivity index (χ1n) is 6.79. The molecule has 2 atom stereocenters. The van der Waals surface area contributed by atoms with E-state index in [1.54, 1.807) is 0 Å². The van der Waals surface area contributed by atoms with Crippen molar-refractivity contribution in [3.05, 3.63) is 33.3 Å². The number of anilines is 1. The Bertz CT molecular complexity index is 578. The summed E-state index contributed by atoms with van der Waals surface area (Å²) in [5.41, 5.74) is -1.19. The van der Waals surface area contributed by atoms with E-state index in [1.165, 1.54) is 18.2 Å². The Hall–Kier alpha value is -1.82. The van der Waals surface area contributed by atoms with Gasteiger partial charge in [0.25, 0.3) is 5.69 Å². The standard InChI is InChI=1S/C14H17ClN2O4/c1-9-3-2-6-14(8-9,13(18)19)16-11-7-10(15)4-5-12(11)17(20)21/h4-5,7,9,16H,2-3,6,8H2,1H3,(H,18,19). The number of hydrogen-bond donors (Lipinski definition) is 2. The molecule has 1 aliphatic carbocycles. The van der Waals surface area contributed by atoms with E-state index in [2.05, 4.69) is 5.32 Å². The largest absolute Gasteiger partial charge is 0.480 e. The maximum atomic E-state index is 11.7. The Morgan fingerprint density at radius 1 is 1.57 bits per heavy atom. The van der Waals surface area contributed by atoms with E-state index in [-0.39, 0.29) is 17.3 Å². The van der Waals surface area contributed by atoms with Crippen molar-refractivity contribution >= 4 is 28.9 Å². The predicted octanol–water partition coefficient (Wildman–Crippen LogP) is 3.69. The number of hydrogen-bond acceptors (Lipinski definition) is 4. The van der Waals surface area contributed by atoms with Crippen LogP contribution in [0, 0.1) is 16.0 Å². The molecule has 2 N–H and O–H groups in total. The van der Waals surface area contributed by atoms with Gasteiger partial charge in [-0.3, -0.25) is 10.1 Å². The molecule has 2 rings (SSSR count). The van der Waals surface area contributed by atoms with Crippen molar-refractivity contribution in [3.63, 3.8) is 0 Å². The highest BCUT2D eigenvalue weighted by molar-refractivity contribution is 6.31. The van der Waals surface area contributed by atoms with Crippen molar-refractivity contribution in [2.24, 2.45) is 5.92 Å². The molecular weight excluding hydrogens is 296 g/mol. The quantitative estimate of drug-likeness (QED) is 0.653. The van der Waals surface area contributed by atoms with Crippen LogP contribution in [0.3, 0.4) is 0 Å². The van der Waals surface area contributed by atoms with Crippen molar-refractivity contribution in [2.45, 2.75) is 38.1 Å². The number of nitrogens with one attached hydrogen (secondary N) is 1. The average molecular weight is 313 g/mol. The number of carboxylic acids is 1. The smallest absolute Gasteiger partial charge is 0.329 e. The lowest BCUT2D eigenvalue weighted by Gasteiger charge is -2.37. The summed E-state index contributed by atoms with van der Waals surface area (Å²) in [6, 6.07) is 4.11. The Labute approximate surface area is 127 Å². The fourth-order valence-electron chi connectivity index (χ4n) is 2.94. The zero-order valence-electron chi connectivity index (χ0n) is 11.6. The first kappa shape index (κ1) is 15.6. The normalized spacial score (nSPS) is 25.3. The zero-order chi connectivity index (χ0) is 15.6. The maximum Gasteiger partial charge on any atom is 0.329 e. The molecule has 1 fully saturated rings. The SMILES string of the molecule is CC1CCCC(Nc2cc(Cl)ccc2[N+](=O)[O-])(C(=O)O)C1.